The zero-order valence-electron chi connectivity index (χ0n) is 19.3. The van der Waals surface area contributed by atoms with Crippen molar-refractivity contribution in [3.8, 4) is 45.0 Å². The normalized spacial score (nSPS) is 11.7. The fourth-order valence-electron chi connectivity index (χ4n) is 3.71. The van der Waals surface area contributed by atoms with Crippen LogP contribution in [0.15, 0.2) is 71.1 Å². The molecule has 2 aromatic carbocycles. The van der Waals surface area contributed by atoms with Crippen molar-refractivity contribution in [1.82, 2.24) is 10.3 Å². The van der Waals surface area contributed by atoms with Gasteiger partial charge in [0.25, 0.3) is 0 Å². The van der Waals surface area contributed by atoms with Gasteiger partial charge >= 0.3 is 0 Å². The van der Waals surface area contributed by atoms with Crippen molar-refractivity contribution >= 4 is 29.0 Å². The molecule has 0 spiro atoms. The summed E-state index contributed by atoms with van der Waals surface area (Å²) < 4.78 is 16.0. The lowest BCUT2D eigenvalue weighted by atomic mass is 10.0. The summed E-state index contributed by atoms with van der Waals surface area (Å²) in [6, 6.07) is 21.3. The third-order valence-corrected chi connectivity index (χ3v) is 7.42. The fraction of sp³-hybridized carbons (Fsp3) is 0.148. The third-order valence-electron chi connectivity index (χ3n) is 5.54. The van der Waals surface area contributed by atoms with E-state index in [9.17, 15) is 10.1 Å². The molecule has 1 N–H and O–H groups in total. The number of fused-ring (bicyclic) bond motifs is 1. The number of hydrogen-bond acceptors (Lipinski definition) is 8. The number of benzene rings is 2. The molecule has 4 aromatic rings. The summed E-state index contributed by atoms with van der Waals surface area (Å²) in [5, 5.41) is 15.4. The number of thioether (sulfide) groups is 1. The van der Waals surface area contributed by atoms with Crippen LogP contribution in [0.2, 0.25) is 0 Å². The molecule has 9 heteroatoms. The number of carbonyl (C=O) groups is 1. The van der Waals surface area contributed by atoms with E-state index in [1.165, 1.54) is 11.8 Å². The molecule has 1 amide bonds. The number of rotatable bonds is 8. The van der Waals surface area contributed by atoms with Crippen molar-refractivity contribution < 1.29 is 19.0 Å². The molecule has 36 heavy (non-hydrogen) atoms. The van der Waals surface area contributed by atoms with E-state index in [0.29, 0.717) is 28.6 Å². The topological polar surface area (TPSA) is 93.5 Å². The smallest absolute Gasteiger partial charge is 0.231 e. The summed E-state index contributed by atoms with van der Waals surface area (Å²) >= 11 is 2.81. The van der Waals surface area contributed by atoms with Crippen molar-refractivity contribution in [1.29, 1.82) is 5.26 Å². The molecule has 0 unspecified atom stereocenters. The molecule has 0 atom stereocenters. The van der Waals surface area contributed by atoms with Gasteiger partial charge in [0.15, 0.2) is 11.5 Å². The first-order chi connectivity index (χ1) is 17.6. The minimum atomic E-state index is -0.157. The van der Waals surface area contributed by atoms with Crippen LogP contribution in [0.1, 0.15) is 11.1 Å². The quantitative estimate of drug-likeness (QED) is 0.310. The summed E-state index contributed by atoms with van der Waals surface area (Å²) in [4.78, 5) is 18.4. The lowest BCUT2D eigenvalue weighted by Crippen LogP contribution is -2.24. The summed E-state index contributed by atoms with van der Waals surface area (Å²) in [5.74, 6) is 2.10. The van der Waals surface area contributed by atoms with Crippen molar-refractivity contribution in [2.24, 2.45) is 0 Å². The van der Waals surface area contributed by atoms with E-state index in [-0.39, 0.29) is 18.5 Å². The van der Waals surface area contributed by atoms with Crippen LogP contribution in [-0.4, -0.2) is 30.5 Å². The van der Waals surface area contributed by atoms with Gasteiger partial charge in [-0.1, -0.05) is 23.9 Å². The van der Waals surface area contributed by atoms with Gasteiger partial charge in [0, 0.05) is 22.5 Å². The Morgan fingerprint density at radius 2 is 2.00 bits per heavy atom. The second kappa shape index (κ2) is 10.7. The van der Waals surface area contributed by atoms with Crippen molar-refractivity contribution in [2.75, 3.05) is 19.7 Å². The molecule has 2 aromatic heterocycles. The number of hydrogen-bond donors (Lipinski definition) is 1. The summed E-state index contributed by atoms with van der Waals surface area (Å²) in [6.45, 7) is 0.569. The second-order valence-corrected chi connectivity index (χ2v) is 9.72. The number of nitrogens with one attached hydrogen (secondary N) is 1. The van der Waals surface area contributed by atoms with Crippen molar-refractivity contribution in [3.05, 3.63) is 77.2 Å². The van der Waals surface area contributed by atoms with Gasteiger partial charge < -0.3 is 19.5 Å². The first-order valence-electron chi connectivity index (χ1n) is 11.1. The van der Waals surface area contributed by atoms with Gasteiger partial charge in [-0.2, -0.15) is 5.26 Å². The molecule has 1 aliphatic rings. The summed E-state index contributed by atoms with van der Waals surface area (Å²) in [6.07, 6.45) is 0. The Labute approximate surface area is 216 Å². The van der Waals surface area contributed by atoms with E-state index in [1.54, 1.807) is 18.4 Å². The Hall–Kier alpha value is -4.00. The van der Waals surface area contributed by atoms with Gasteiger partial charge in [0.2, 0.25) is 12.7 Å². The molecule has 180 valence electrons. The number of amides is 1. The highest BCUT2D eigenvalue weighted by Gasteiger charge is 2.18. The largest absolute Gasteiger partial charge is 0.497 e. The van der Waals surface area contributed by atoms with E-state index in [0.717, 1.165) is 33.0 Å². The van der Waals surface area contributed by atoms with Crippen LogP contribution in [0.4, 0.5) is 0 Å². The molecular formula is C27H21N3O4S2. The zero-order chi connectivity index (χ0) is 24.9. The number of methoxy groups -OCH3 is 1. The average Bonchev–Trinajstić information content (AvgIpc) is 3.62. The van der Waals surface area contributed by atoms with Crippen molar-refractivity contribution in [2.45, 2.75) is 11.6 Å². The molecule has 0 radical (unpaired) electrons. The lowest BCUT2D eigenvalue weighted by Gasteiger charge is -2.12. The van der Waals surface area contributed by atoms with Crippen molar-refractivity contribution in [3.63, 3.8) is 0 Å². The van der Waals surface area contributed by atoms with E-state index < -0.39 is 0 Å². The number of pyridine rings is 1. The average molecular weight is 516 g/mol. The molecule has 0 fully saturated rings. The predicted molar refractivity (Wildman–Crippen MR) is 139 cm³/mol. The van der Waals surface area contributed by atoms with Gasteiger partial charge in [0.05, 0.1) is 24.1 Å². The van der Waals surface area contributed by atoms with Crippen LogP contribution in [0.5, 0.6) is 17.2 Å². The summed E-state index contributed by atoms with van der Waals surface area (Å²) in [5.41, 5.74) is 3.80. The third kappa shape index (κ3) is 5.15. The van der Waals surface area contributed by atoms with E-state index in [4.69, 9.17) is 19.2 Å². The molecule has 0 bridgehead atoms. The minimum Gasteiger partial charge on any atom is -0.497 e. The first kappa shape index (κ1) is 23.7. The number of nitriles is 1. The van der Waals surface area contributed by atoms with E-state index in [1.807, 2.05) is 66.0 Å². The molecule has 5 rings (SSSR count). The molecule has 0 aliphatic carbocycles. The summed E-state index contributed by atoms with van der Waals surface area (Å²) in [7, 11) is 1.62. The number of nitrogens with zero attached hydrogens (tertiary/aromatic N) is 2. The molecule has 1 aliphatic heterocycles. The predicted octanol–water partition coefficient (Wildman–Crippen LogP) is 5.49. The standard InChI is InChI=1S/C27H21N3O4S2/c1-32-19-7-5-18(6-8-19)22-12-20(25-3-2-10-35-25)21(13-28)27(30-22)36-15-26(31)29-14-17-4-9-23-24(11-17)34-16-33-23/h2-12H,14-16H2,1H3,(H,29,31). The number of thiophene rings is 1. The highest BCUT2D eigenvalue weighted by atomic mass is 32.2. The monoisotopic (exact) mass is 515 g/mol. The van der Waals surface area contributed by atoms with Crippen LogP contribution in [-0.2, 0) is 11.3 Å². The first-order valence-corrected chi connectivity index (χ1v) is 12.9. The minimum absolute atomic E-state index is 0.127. The number of ether oxygens (including phenoxy) is 3. The van der Waals surface area contributed by atoms with Gasteiger partial charge in [-0.3, -0.25) is 4.79 Å². The lowest BCUT2D eigenvalue weighted by molar-refractivity contribution is -0.118. The second-order valence-electron chi connectivity index (χ2n) is 7.81. The van der Waals surface area contributed by atoms with E-state index >= 15 is 0 Å². The zero-order valence-corrected chi connectivity index (χ0v) is 20.9. The molecular weight excluding hydrogens is 494 g/mol. The Morgan fingerprint density at radius 3 is 2.75 bits per heavy atom. The Kier molecular flexibility index (Phi) is 7.07. The Balaban J connectivity index is 1.35. The molecule has 7 nitrogen and oxygen atoms in total. The van der Waals surface area contributed by atoms with Gasteiger partial charge in [0.1, 0.15) is 16.8 Å². The van der Waals surface area contributed by atoms with Crippen LogP contribution < -0.4 is 19.5 Å². The van der Waals surface area contributed by atoms with Crippen LogP contribution >= 0.6 is 23.1 Å². The SMILES string of the molecule is COc1ccc(-c2cc(-c3cccs3)c(C#N)c(SCC(=O)NCc3ccc4c(c3)OCO4)n2)cc1. The van der Waals surface area contributed by atoms with Gasteiger partial charge in [-0.05, 0) is 59.5 Å². The highest BCUT2D eigenvalue weighted by Crippen LogP contribution is 2.36. The molecule has 0 saturated carbocycles. The van der Waals surface area contributed by atoms with Crippen LogP contribution in [0.3, 0.4) is 0 Å². The maximum Gasteiger partial charge on any atom is 0.231 e. The van der Waals surface area contributed by atoms with Gasteiger partial charge in [-0.25, -0.2) is 4.98 Å². The Bertz CT molecular complexity index is 1430. The van der Waals surface area contributed by atoms with Gasteiger partial charge in [-0.15, -0.1) is 11.3 Å². The maximum atomic E-state index is 12.7. The fourth-order valence-corrected chi connectivity index (χ4v) is 5.29. The Morgan fingerprint density at radius 1 is 1.17 bits per heavy atom. The van der Waals surface area contributed by atoms with Crippen LogP contribution in [0, 0.1) is 11.3 Å². The van der Waals surface area contributed by atoms with Crippen LogP contribution in [0.25, 0.3) is 21.7 Å². The molecule has 3 heterocycles. The highest BCUT2D eigenvalue weighted by molar-refractivity contribution is 8.00. The number of carbonyl (C=O) groups excluding carboxylic acids is 1. The molecule has 0 saturated heterocycles. The maximum absolute atomic E-state index is 12.7. The van der Waals surface area contributed by atoms with E-state index in [2.05, 4.69) is 11.4 Å². The number of aromatic nitrogens is 1.